The number of carbonyl (C=O) groups is 2. The highest BCUT2D eigenvalue weighted by atomic mass is 19.1. The molecule has 8 heteroatoms. The van der Waals surface area contributed by atoms with Gasteiger partial charge in [-0.3, -0.25) is 14.6 Å². The van der Waals surface area contributed by atoms with Gasteiger partial charge in [0.15, 0.2) is 0 Å². The highest BCUT2D eigenvalue weighted by Crippen LogP contribution is 2.44. The number of allylic oxidation sites excluding steroid dienone is 1. The molecule has 0 bridgehead atoms. The van der Waals surface area contributed by atoms with Crippen LogP contribution in [0.15, 0.2) is 48.4 Å². The minimum atomic E-state index is -0.891. The topological polar surface area (TPSA) is 101 Å². The van der Waals surface area contributed by atoms with Gasteiger partial charge in [-0.15, -0.1) is 0 Å². The number of hydrogen-bond acceptors (Lipinski definition) is 5. The van der Waals surface area contributed by atoms with Gasteiger partial charge in [0.05, 0.1) is 11.3 Å². The van der Waals surface area contributed by atoms with Crippen LogP contribution in [0, 0.1) is 5.82 Å². The van der Waals surface area contributed by atoms with E-state index in [9.17, 15) is 14.0 Å². The van der Waals surface area contributed by atoms with Crippen LogP contribution in [0.3, 0.4) is 0 Å². The average Bonchev–Trinajstić information content (AvgIpc) is 3.22. The molecule has 4 rings (SSSR count). The van der Waals surface area contributed by atoms with E-state index in [0.29, 0.717) is 35.5 Å². The van der Waals surface area contributed by atoms with Crippen LogP contribution in [-0.2, 0) is 20.7 Å². The Labute approximate surface area is 185 Å². The van der Waals surface area contributed by atoms with Gasteiger partial charge in [0, 0.05) is 41.6 Å². The van der Waals surface area contributed by atoms with Gasteiger partial charge in [-0.25, -0.2) is 4.39 Å². The molecule has 32 heavy (non-hydrogen) atoms. The second kappa shape index (κ2) is 8.20. The van der Waals surface area contributed by atoms with Crippen molar-refractivity contribution in [2.45, 2.75) is 38.8 Å². The number of amides is 1. The predicted octanol–water partition coefficient (Wildman–Crippen LogP) is 3.38. The minimum absolute atomic E-state index is 0.328. The van der Waals surface area contributed by atoms with Crippen LogP contribution in [0.25, 0.3) is 11.1 Å². The first-order valence-corrected chi connectivity index (χ1v) is 10.3. The molecule has 3 N–H and O–H groups in total. The number of pyridine rings is 1. The normalized spacial score (nSPS) is 19.8. The van der Waals surface area contributed by atoms with Crippen molar-refractivity contribution in [3.8, 4) is 0 Å². The summed E-state index contributed by atoms with van der Waals surface area (Å²) >= 11 is 0. The highest BCUT2D eigenvalue weighted by Gasteiger charge is 2.38. The second-order valence-corrected chi connectivity index (χ2v) is 8.36. The fourth-order valence-corrected chi connectivity index (χ4v) is 3.84. The number of anilines is 1. The molecule has 1 amide bonds. The minimum Gasteiger partial charge on any atom is -0.482 e. The summed E-state index contributed by atoms with van der Waals surface area (Å²) in [6, 6.07) is 7.40. The molecule has 0 spiro atoms. The SMILES string of the molecule is CC(NCCc1ccc(C2=C/C(=C3\C(=O)Nc4cc(F)ccc43)OC2(C)C)cn1)C(=O)O. The maximum absolute atomic E-state index is 13.5. The van der Waals surface area contributed by atoms with Crippen LogP contribution >= 0.6 is 0 Å². The molecule has 0 saturated heterocycles. The van der Waals surface area contributed by atoms with Gasteiger partial charge >= 0.3 is 5.97 Å². The number of ether oxygens (including phenoxy) is 1. The summed E-state index contributed by atoms with van der Waals surface area (Å²) in [6.45, 7) is 5.92. The van der Waals surface area contributed by atoms with Crippen LogP contribution in [0.4, 0.5) is 10.1 Å². The summed E-state index contributed by atoms with van der Waals surface area (Å²) in [5.74, 6) is -1.20. The largest absolute Gasteiger partial charge is 0.482 e. The summed E-state index contributed by atoms with van der Waals surface area (Å²) < 4.78 is 19.7. The zero-order valence-corrected chi connectivity index (χ0v) is 18.0. The number of aliphatic carboxylic acids is 1. The lowest BCUT2D eigenvalue weighted by Gasteiger charge is -2.23. The van der Waals surface area contributed by atoms with Crippen molar-refractivity contribution in [3.05, 3.63) is 71.0 Å². The third-order valence-corrected chi connectivity index (χ3v) is 5.60. The van der Waals surface area contributed by atoms with E-state index in [1.165, 1.54) is 12.1 Å². The van der Waals surface area contributed by atoms with E-state index >= 15 is 0 Å². The molecule has 0 radical (unpaired) electrons. The number of nitrogens with one attached hydrogen (secondary N) is 2. The average molecular weight is 437 g/mol. The second-order valence-electron chi connectivity index (χ2n) is 8.36. The Hall–Kier alpha value is -3.52. The Balaban J connectivity index is 1.58. The molecular weight excluding hydrogens is 413 g/mol. The number of nitrogens with zero attached hydrogens (tertiary/aromatic N) is 1. The zero-order chi connectivity index (χ0) is 23.0. The molecule has 1 unspecified atom stereocenters. The van der Waals surface area contributed by atoms with E-state index in [2.05, 4.69) is 15.6 Å². The number of carboxylic acids is 1. The quantitative estimate of drug-likeness (QED) is 0.599. The van der Waals surface area contributed by atoms with Gasteiger partial charge in [-0.2, -0.15) is 0 Å². The molecule has 1 aromatic heterocycles. The number of benzene rings is 1. The van der Waals surface area contributed by atoms with E-state index in [1.807, 2.05) is 32.1 Å². The third-order valence-electron chi connectivity index (χ3n) is 5.60. The molecule has 7 nitrogen and oxygen atoms in total. The summed E-state index contributed by atoms with van der Waals surface area (Å²) in [5, 5.41) is 14.5. The Morgan fingerprint density at radius 2 is 2.09 bits per heavy atom. The van der Waals surface area contributed by atoms with Crippen molar-refractivity contribution in [3.63, 3.8) is 0 Å². The van der Waals surface area contributed by atoms with Gasteiger partial charge < -0.3 is 20.5 Å². The fourth-order valence-electron chi connectivity index (χ4n) is 3.84. The lowest BCUT2D eigenvalue weighted by Crippen LogP contribution is -2.35. The lowest BCUT2D eigenvalue weighted by molar-refractivity contribution is -0.139. The molecule has 166 valence electrons. The number of hydrogen-bond donors (Lipinski definition) is 3. The molecule has 0 fully saturated rings. The first kappa shape index (κ1) is 21.7. The van der Waals surface area contributed by atoms with Gasteiger partial charge in [-0.1, -0.05) is 6.07 Å². The van der Waals surface area contributed by atoms with Crippen LogP contribution in [0.1, 0.15) is 37.6 Å². The zero-order valence-electron chi connectivity index (χ0n) is 18.0. The molecule has 0 aliphatic carbocycles. The summed E-state index contributed by atoms with van der Waals surface area (Å²) in [4.78, 5) is 27.9. The Morgan fingerprint density at radius 3 is 2.78 bits per heavy atom. The van der Waals surface area contributed by atoms with E-state index in [-0.39, 0.29) is 5.91 Å². The van der Waals surface area contributed by atoms with E-state index in [0.717, 1.165) is 16.8 Å². The maximum Gasteiger partial charge on any atom is 0.320 e. The third kappa shape index (κ3) is 4.13. The van der Waals surface area contributed by atoms with Crippen molar-refractivity contribution in [2.75, 3.05) is 11.9 Å². The molecule has 3 heterocycles. The number of fused-ring (bicyclic) bond motifs is 1. The van der Waals surface area contributed by atoms with Gasteiger partial charge in [-0.05, 0) is 51.1 Å². The Bertz CT molecular complexity index is 1150. The Morgan fingerprint density at radius 1 is 1.31 bits per heavy atom. The standard InChI is InChI=1S/C24H24FN3O4/c1-13(23(30)31)26-9-8-16-6-4-14(12-27-16)18-11-20(32-24(18,2)3)21-17-7-5-15(25)10-19(17)28-22(21)29/h4-7,10-13,26H,8-9H2,1-3H3,(H,28,29)(H,30,31)/b21-20+. The van der Waals surface area contributed by atoms with Crippen molar-refractivity contribution in [1.29, 1.82) is 0 Å². The van der Waals surface area contributed by atoms with Crippen LogP contribution in [0.5, 0.6) is 0 Å². The van der Waals surface area contributed by atoms with Gasteiger partial charge in [0.1, 0.15) is 23.2 Å². The molecular formula is C24H24FN3O4. The lowest BCUT2D eigenvalue weighted by atomic mass is 9.93. The van der Waals surface area contributed by atoms with Crippen molar-refractivity contribution < 1.29 is 23.8 Å². The number of rotatable bonds is 6. The fraction of sp³-hybridized carbons (Fsp3) is 0.292. The van der Waals surface area contributed by atoms with Crippen LogP contribution in [-0.4, -0.2) is 40.2 Å². The van der Waals surface area contributed by atoms with E-state index in [1.54, 1.807) is 19.2 Å². The molecule has 2 aliphatic heterocycles. The Kier molecular flexibility index (Phi) is 5.56. The molecule has 0 saturated carbocycles. The molecule has 2 aliphatic rings. The van der Waals surface area contributed by atoms with Gasteiger partial charge in [0.25, 0.3) is 5.91 Å². The summed E-state index contributed by atoms with van der Waals surface area (Å²) in [7, 11) is 0. The first-order chi connectivity index (χ1) is 15.2. The number of aromatic nitrogens is 1. The van der Waals surface area contributed by atoms with Gasteiger partial charge in [0.2, 0.25) is 0 Å². The van der Waals surface area contributed by atoms with E-state index in [4.69, 9.17) is 9.84 Å². The molecule has 2 aromatic rings. The van der Waals surface area contributed by atoms with Crippen molar-refractivity contribution >= 4 is 28.7 Å². The number of carboxylic acid groups (broad SMARTS) is 1. The van der Waals surface area contributed by atoms with Crippen molar-refractivity contribution in [2.24, 2.45) is 0 Å². The maximum atomic E-state index is 13.5. The number of halogens is 1. The van der Waals surface area contributed by atoms with E-state index < -0.39 is 23.4 Å². The number of carbonyl (C=O) groups excluding carboxylic acids is 1. The summed E-state index contributed by atoms with van der Waals surface area (Å²) in [6.07, 6.45) is 4.18. The van der Waals surface area contributed by atoms with Crippen molar-refractivity contribution in [1.82, 2.24) is 10.3 Å². The smallest absolute Gasteiger partial charge is 0.320 e. The van der Waals surface area contributed by atoms with Crippen LogP contribution < -0.4 is 10.6 Å². The highest BCUT2D eigenvalue weighted by molar-refractivity contribution is 6.32. The summed E-state index contributed by atoms with van der Waals surface area (Å²) in [5.41, 5.74) is 3.30. The molecule has 1 aromatic carbocycles. The molecule has 1 atom stereocenters. The predicted molar refractivity (Wildman–Crippen MR) is 118 cm³/mol. The first-order valence-electron chi connectivity index (χ1n) is 10.3. The monoisotopic (exact) mass is 437 g/mol. The van der Waals surface area contributed by atoms with Crippen LogP contribution in [0.2, 0.25) is 0 Å².